The third kappa shape index (κ3) is 3.54. The molecule has 134 valence electrons. The summed E-state index contributed by atoms with van der Waals surface area (Å²) in [6.07, 6.45) is 0.0796. The van der Waals surface area contributed by atoms with E-state index in [1.54, 1.807) is 6.92 Å². The van der Waals surface area contributed by atoms with Crippen LogP contribution >= 0.6 is 0 Å². The van der Waals surface area contributed by atoms with Gasteiger partial charge in [-0.1, -0.05) is 59.8 Å². The summed E-state index contributed by atoms with van der Waals surface area (Å²) in [6, 6.07) is 19.3. The number of benzene rings is 2. The minimum Gasteiger partial charge on any atom is -0.371 e. The summed E-state index contributed by atoms with van der Waals surface area (Å²) in [5, 5.41) is 3.97. The molecule has 5 heteroatoms. The highest BCUT2D eigenvalue weighted by molar-refractivity contribution is 5.54. The molecule has 2 atom stereocenters. The monoisotopic (exact) mass is 349 g/mol. The fraction of sp³-hybridized carbons (Fsp3) is 0.333. The van der Waals surface area contributed by atoms with E-state index in [2.05, 4.69) is 64.4 Å². The molecule has 0 spiro atoms. The largest absolute Gasteiger partial charge is 0.371 e. The maximum Gasteiger partial charge on any atom is 0.223 e. The van der Waals surface area contributed by atoms with Gasteiger partial charge in [0.15, 0.2) is 0 Å². The molecule has 1 aliphatic rings. The highest BCUT2D eigenvalue weighted by Crippen LogP contribution is 2.29. The van der Waals surface area contributed by atoms with Crippen molar-refractivity contribution in [2.75, 3.05) is 19.7 Å². The predicted molar refractivity (Wildman–Crippen MR) is 99.6 cm³/mol. The van der Waals surface area contributed by atoms with Crippen LogP contribution in [0.3, 0.4) is 0 Å². The topological polar surface area (TPSA) is 51.4 Å². The van der Waals surface area contributed by atoms with Crippen molar-refractivity contribution in [3.8, 4) is 11.4 Å². The van der Waals surface area contributed by atoms with E-state index in [0.29, 0.717) is 17.8 Å². The number of hydrogen-bond acceptors (Lipinski definition) is 5. The molecule has 0 saturated carbocycles. The van der Waals surface area contributed by atoms with Crippen molar-refractivity contribution in [3.63, 3.8) is 0 Å². The summed E-state index contributed by atoms with van der Waals surface area (Å²) in [7, 11) is 0. The zero-order valence-corrected chi connectivity index (χ0v) is 15.1. The van der Waals surface area contributed by atoms with Crippen LogP contribution in [-0.4, -0.2) is 34.7 Å². The first-order valence-electron chi connectivity index (χ1n) is 9.02. The quantitative estimate of drug-likeness (QED) is 0.707. The van der Waals surface area contributed by atoms with Crippen LogP contribution in [0.2, 0.25) is 0 Å². The van der Waals surface area contributed by atoms with Crippen molar-refractivity contribution < 1.29 is 9.26 Å². The summed E-state index contributed by atoms with van der Waals surface area (Å²) in [6.45, 7) is 6.64. The van der Waals surface area contributed by atoms with Gasteiger partial charge in [-0.05, 0) is 18.1 Å². The molecular formula is C21H23N3O2. The molecule has 0 amide bonds. The molecule has 0 N–H and O–H groups in total. The maximum absolute atomic E-state index is 6.04. The van der Waals surface area contributed by atoms with E-state index in [9.17, 15) is 0 Å². The van der Waals surface area contributed by atoms with E-state index in [4.69, 9.17) is 9.26 Å². The average molecular weight is 349 g/mol. The second-order valence-corrected chi connectivity index (χ2v) is 6.70. The van der Waals surface area contributed by atoms with E-state index in [1.807, 2.05) is 12.1 Å². The molecule has 3 aromatic rings. The minimum absolute atomic E-state index is 0.0796. The lowest BCUT2D eigenvalue weighted by molar-refractivity contribution is -0.0431. The van der Waals surface area contributed by atoms with Crippen molar-refractivity contribution in [2.24, 2.45) is 0 Å². The van der Waals surface area contributed by atoms with Crippen LogP contribution in [0, 0.1) is 6.92 Å². The fourth-order valence-electron chi connectivity index (χ4n) is 3.43. The standard InChI is InChI=1S/C21H23N3O2/c1-15(17-6-4-3-5-7-17)24-12-13-25-20(14-24)18-8-10-19(11-9-18)21-22-16(2)26-23-21/h3-11,15,20H,12-14H2,1-2H3/t15-,20?/m1/s1. The Morgan fingerprint density at radius 1 is 1.08 bits per heavy atom. The lowest BCUT2D eigenvalue weighted by Gasteiger charge is -2.37. The Labute approximate surface area is 153 Å². The second kappa shape index (κ2) is 7.40. The first kappa shape index (κ1) is 16.9. The minimum atomic E-state index is 0.0796. The SMILES string of the molecule is Cc1nc(-c2ccc(C3CN([C@H](C)c4ccccc4)CCO3)cc2)no1. The van der Waals surface area contributed by atoms with Crippen molar-refractivity contribution in [1.82, 2.24) is 15.0 Å². The van der Waals surface area contributed by atoms with Gasteiger partial charge >= 0.3 is 0 Å². The molecule has 0 aliphatic carbocycles. The van der Waals surface area contributed by atoms with Gasteiger partial charge in [0, 0.05) is 31.6 Å². The van der Waals surface area contributed by atoms with Gasteiger partial charge in [-0.15, -0.1) is 0 Å². The normalized spacial score (nSPS) is 19.4. The van der Waals surface area contributed by atoms with Crippen molar-refractivity contribution in [3.05, 3.63) is 71.6 Å². The van der Waals surface area contributed by atoms with E-state index in [1.165, 1.54) is 11.1 Å². The Morgan fingerprint density at radius 2 is 1.85 bits per heavy atom. The lowest BCUT2D eigenvalue weighted by atomic mass is 10.0. The summed E-state index contributed by atoms with van der Waals surface area (Å²) in [5.74, 6) is 1.20. The van der Waals surface area contributed by atoms with Crippen LogP contribution in [0.4, 0.5) is 0 Å². The van der Waals surface area contributed by atoms with E-state index >= 15 is 0 Å². The Kier molecular flexibility index (Phi) is 4.82. The van der Waals surface area contributed by atoms with Crippen molar-refractivity contribution in [2.45, 2.75) is 26.0 Å². The van der Waals surface area contributed by atoms with Crippen molar-refractivity contribution >= 4 is 0 Å². The summed E-state index contributed by atoms with van der Waals surface area (Å²) >= 11 is 0. The van der Waals surface area contributed by atoms with Crippen LogP contribution in [0.1, 0.15) is 36.1 Å². The fourth-order valence-corrected chi connectivity index (χ4v) is 3.43. The molecule has 4 rings (SSSR count). The number of nitrogens with zero attached hydrogens (tertiary/aromatic N) is 3. The summed E-state index contributed by atoms with van der Waals surface area (Å²) in [4.78, 5) is 6.76. The van der Waals surface area contributed by atoms with Gasteiger partial charge in [-0.25, -0.2) is 0 Å². The molecular weight excluding hydrogens is 326 g/mol. The molecule has 2 heterocycles. The Balaban J connectivity index is 1.47. The molecule has 1 unspecified atom stereocenters. The molecule has 1 fully saturated rings. The van der Waals surface area contributed by atoms with Crippen LogP contribution in [0.5, 0.6) is 0 Å². The Morgan fingerprint density at radius 3 is 2.54 bits per heavy atom. The van der Waals surface area contributed by atoms with Gasteiger partial charge in [0.25, 0.3) is 0 Å². The summed E-state index contributed by atoms with van der Waals surface area (Å²) < 4.78 is 11.1. The van der Waals surface area contributed by atoms with Gasteiger partial charge in [0.2, 0.25) is 11.7 Å². The second-order valence-electron chi connectivity index (χ2n) is 6.70. The molecule has 1 aromatic heterocycles. The zero-order chi connectivity index (χ0) is 17.9. The molecule has 26 heavy (non-hydrogen) atoms. The number of aromatic nitrogens is 2. The van der Waals surface area contributed by atoms with Crippen LogP contribution in [0.25, 0.3) is 11.4 Å². The van der Waals surface area contributed by atoms with Crippen molar-refractivity contribution in [1.29, 1.82) is 0 Å². The van der Waals surface area contributed by atoms with E-state index < -0.39 is 0 Å². The predicted octanol–water partition coefficient (Wildman–Crippen LogP) is 4.18. The highest BCUT2D eigenvalue weighted by atomic mass is 16.5. The van der Waals surface area contributed by atoms with Crippen LogP contribution in [0.15, 0.2) is 59.1 Å². The Hall–Kier alpha value is -2.50. The number of ether oxygens (including phenoxy) is 1. The molecule has 5 nitrogen and oxygen atoms in total. The molecule has 0 bridgehead atoms. The zero-order valence-electron chi connectivity index (χ0n) is 15.1. The van der Waals surface area contributed by atoms with Crippen LogP contribution in [-0.2, 0) is 4.74 Å². The number of rotatable bonds is 4. The van der Waals surface area contributed by atoms with Gasteiger partial charge in [-0.2, -0.15) is 4.98 Å². The van der Waals surface area contributed by atoms with Gasteiger partial charge in [-0.3, -0.25) is 4.90 Å². The molecule has 0 radical (unpaired) electrons. The third-order valence-electron chi connectivity index (χ3n) is 5.00. The first-order valence-corrected chi connectivity index (χ1v) is 9.02. The van der Waals surface area contributed by atoms with E-state index in [0.717, 1.165) is 25.3 Å². The average Bonchev–Trinajstić information content (AvgIpc) is 3.15. The maximum atomic E-state index is 6.04. The number of aryl methyl sites for hydroxylation is 1. The lowest BCUT2D eigenvalue weighted by Crippen LogP contribution is -2.39. The van der Waals surface area contributed by atoms with Gasteiger partial charge in [0.1, 0.15) is 0 Å². The molecule has 1 aliphatic heterocycles. The smallest absolute Gasteiger partial charge is 0.223 e. The third-order valence-corrected chi connectivity index (χ3v) is 5.00. The Bertz CT molecular complexity index is 845. The number of morpholine rings is 1. The number of hydrogen-bond donors (Lipinski definition) is 0. The van der Waals surface area contributed by atoms with Gasteiger partial charge < -0.3 is 9.26 Å². The summed E-state index contributed by atoms with van der Waals surface area (Å²) in [5.41, 5.74) is 3.48. The molecule has 2 aromatic carbocycles. The van der Waals surface area contributed by atoms with Gasteiger partial charge in [0.05, 0.1) is 12.7 Å². The first-order chi connectivity index (χ1) is 12.7. The molecule has 1 saturated heterocycles. The van der Waals surface area contributed by atoms with E-state index in [-0.39, 0.29) is 6.10 Å². The highest BCUT2D eigenvalue weighted by Gasteiger charge is 2.26. The van der Waals surface area contributed by atoms with Crippen LogP contribution < -0.4 is 0 Å².